The first-order chi connectivity index (χ1) is 9.65. The summed E-state index contributed by atoms with van der Waals surface area (Å²) in [6.45, 7) is 4.45. The molecular weight excluding hydrogens is 272 g/mol. The van der Waals surface area contributed by atoms with E-state index in [1.54, 1.807) is 18.2 Å². The summed E-state index contributed by atoms with van der Waals surface area (Å²) in [5, 5.41) is 0.514. The van der Waals surface area contributed by atoms with Gasteiger partial charge in [0.15, 0.2) is 5.78 Å². The number of carbonyl (C=O) groups excluding carboxylic acids is 1. The molecule has 20 heavy (non-hydrogen) atoms. The fraction of sp³-hybridized carbons (Fsp3) is 0.588. The van der Waals surface area contributed by atoms with Crippen LogP contribution in [-0.2, 0) is 0 Å². The van der Waals surface area contributed by atoms with Crippen molar-refractivity contribution in [3.63, 3.8) is 0 Å². The van der Waals surface area contributed by atoms with Crippen molar-refractivity contribution in [2.45, 2.75) is 58.8 Å². The van der Waals surface area contributed by atoms with Gasteiger partial charge in [-0.2, -0.15) is 0 Å². The van der Waals surface area contributed by atoms with E-state index in [2.05, 4.69) is 6.92 Å². The van der Waals surface area contributed by atoms with Crippen LogP contribution in [0.25, 0.3) is 0 Å². The molecule has 0 unspecified atom stereocenters. The largest absolute Gasteiger partial charge is 0.492 e. The smallest absolute Gasteiger partial charge is 0.159 e. The molecule has 1 aromatic carbocycles. The summed E-state index contributed by atoms with van der Waals surface area (Å²) in [6, 6.07) is 5.21. The molecule has 1 aromatic rings. The van der Waals surface area contributed by atoms with E-state index in [0.29, 0.717) is 22.9 Å². The molecule has 0 aliphatic carbocycles. The number of hydrogen-bond donors (Lipinski definition) is 0. The van der Waals surface area contributed by atoms with Gasteiger partial charge in [0.25, 0.3) is 0 Å². The predicted molar refractivity (Wildman–Crippen MR) is 84.9 cm³/mol. The molecule has 0 aromatic heterocycles. The number of ether oxygens (including phenoxy) is 1. The average molecular weight is 297 g/mol. The van der Waals surface area contributed by atoms with Crippen molar-refractivity contribution in [3.05, 3.63) is 28.8 Å². The minimum Gasteiger partial charge on any atom is -0.492 e. The summed E-state index contributed by atoms with van der Waals surface area (Å²) in [5.74, 6) is 0.688. The lowest BCUT2D eigenvalue weighted by Crippen LogP contribution is -1.99. The monoisotopic (exact) mass is 296 g/mol. The molecule has 0 saturated heterocycles. The Morgan fingerprint density at radius 1 is 1.10 bits per heavy atom. The van der Waals surface area contributed by atoms with Crippen LogP contribution in [0, 0.1) is 0 Å². The normalized spacial score (nSPS) is 10.6. The Balaban J connectivity index is 2.20. The molecule has 0 atom stereocenters. The van der Waals surface area contributed by atoms with E-state index < -0.39 is 0 Å². The lowest BCUT2D eigenvalue weighted by atomic mass is 10.1. The van der Waals surface area contributed by atoms with Gasteiger partial charge in [-0.1, -0.05) is 57.0 Å². The highest BCUT2D eigenvalue weighted by Gasteiger charge is 2.05. The molecule has 0 bridgehead atoms. The number of hydrogen-bond acceptors (Lipinski definition) is 2. The lowest BCUT2D eigenvalue weighted by molar-refractivity contribution is 0.101. The number of halogens is 1. The molecular formula is C17H25ClO2. The number of Topliss-reactive ketones (excluding diaryl/α,β-unsaturated/α-hetero) is 1. The van der Waals surface area contributed by atoms with Crippen LogP contribution >= 0.6 is 11.6 Å². The average Bonchev–Trinajstić information content (AvgIpc) is 2.43. The first-order valence-corrected chi connectivity index (χ1v) is 7.96. The molecule has 1 rings (SSSR count). The Kier molecular flexibility index (Phi) is 8.36. The van der Waals surface area contributed by atoms with Gasteiger partial charge in [0, 0.05) is 5.56 Å². The second-order valence-electron chi connectivity index (χ2n) is 5.17. The van der Waals surface area contributed by atoms with Gasteiger partial charge in [-0.25, -0.2) is 0 Å². The maximum absolute atomic E-state index is 11.2. The topological polar surface area (TPSA) is 26.3 Å². The zero-order valence-electron chi connectivity index (χ0n) is 12.6. The standard InChI is InChI=1S/C17H25ClO2/c1-3-4-5-6-7-8-9-12-20-17-11-10-15(14(2)19)13-16(17)18/h10-11,13H,3-9,12H2,1-2H3. The molecule has 0 spiro atoms. The van der Waals surface area contributed by atoms with E-state index in [1.165, 1.54) is 45.4 Å². The van der Waals surface area contributed by atoms with Crippen LogP contribution in [0.15, 0.2) is 18.2 Å². The molecule has 112 valence electrons. The molecule has 0 heterocycles. The molecule has 3 heteroatoms. The van der Waals surface area contributed by atoms with E-state index in [4.69, 9.17) is 16.3 Å². The summed E-state index contributed by atoms with van der Waals surface area (Å²) in [5.41, 5.74) is 0.623. The minimum absolute atomic E-state index is 0.0190. The molecule has 2 nitrogen and oxygen atoms in total. The van der Waals surface area contributed by atoms with Crippen LogP contribution < -0.4 is 4.74 Å². The fourth-order valence-corrected chi connectivity index (χ4v) is 2.31. The van der Waals surface area contributed by atoms with Crippen molar-refractivity contribution in [2.24, 2.45) is 0 Å². The maximum atomic E-state index is 11.2. The van der Waals surface area contributed by atoms with Crippen molar-refractivity contribution in [2.75, 3.05) is 6.61 Å². The maximum Gasteiger partial charge on any atom is 0.159 e. The van der Waals surface area contributed by atoms with Crippen LogP contribution in [-0.4, -0.2) is 12.4 Å². The third-order valence-corrected chi connectivity index (χ3v) is 3.64. The van der Waals surface area contributed by atoms with Gasteiger partial charge in [0.05, 0.1) is 11.6 Å². The van der Waals surface area contributed by atoms with Crippen LogP contribution in [0.1, 0.15) is 69.2 Å². The highest BCUT2D eigenvalue weighted by molar-refractivity contribution is 6.32. The van der Waals surface area contributed by atoms with Crippen LogP contribution in [0.4, 0.5) is 0 Å². The number of unbranched alkanes of at least 4 members (excludes halogenated alkanes) is 6. The SMILES string of the molecule is CCCCCCCCCOc1ccc(C(C)=O)cc1Cl. The molecule has 0 amide bonds. The van der Waals surface area contributed by atoms with E-state index in [1.807, 2.05) is 0 Å². The Morgan fingerprint density at radius 3 is 2.35 bits per heavy atom. The molecule has 0 aliphatic heterocycles. The van der Waals surface area contributed by atoms with Crippen LogP contribution in [0.5, 0.6) is 5.75 Å². The summed E-state index contributed by atoms with van der Waals surface area (Å²) in [4.78, 5) is 11.2. The number of ketones is 1. The molecule has 0 N–H and O–H groups in total. The summed E-state index contributed by atoms with van der Waals surface area (Å²) in [7, 11) is 0. The number of benzene rings is 1. The molecule has 0 radical (unpaired) electrons. The van der Waals surface area contributed by atoms with E-state index >= 15 is 0 Å². The summed E-state index contributed by atoms with van der Waals surface area (Å²) >= 11 is 6.09. The molecule has 0 fully saturated rings. The Morgan fingerprint density at radius 2 is 1.75 bits per heavy atom. The van der Waals surface area contributed by atoms with Gasteiger partial charge >= 0.3 is 0 Å². The van der Waals surface area contributed by atoms with Crippen molar-refractivity contribution in [1.82, 2.24) is 0 Å². The third kappa shape index (κ3) is 6.42. The van der Waals surface area contributed by atoms with E-state index in [9.17, 15) is 4.79 Å². The Bertz CT molecular complexity index is 415. The highest BCUT2D eigenvalue weighted by atomic mass is 35.5. The van der Waals surface area contributed by atoms with Crippen molar-refractivity contribution in [3.8, 4) is 5.75 Å². The van der Waals surface area contributed by atoms with Gasteiger partial charge in [0.1, 0.15) is 5.75 Å². The Labute approximate surface area is 127 Å². The van der Waals surface area contributed by atoms with E-state index in [0.717, 1.165) is 6.42 Å². The Hall–Kier alpha value is -1.02. The zero-order chi connectivity index (χ0) is 14.8. The third-order valence-electron chi connectivity index (χ3n) is 3.34. The lowest BCUT2D eigenvalue weighted by Gasteiger charge is -2.08. The van der Waals surface area contributed by atoms with Crippen LogP contribution in [0.3, 0.4) is 0 Å². The highest BCUT2D eigenvalue weighted by Crippen LogP contribution is 2.26. The van der Waals surface area contributed by atoms with Crippen molar-refractivity contribution in [1.29, 1.82) is 0 Å². The molecule has 0 aliphatic rings. The first-order valence-electron chi connectivity index (χ1n) is 7.58. The first kappa shape index (κ1) is 17.0. The second-order valence-corrected chi connectivity index (χ2v) is 5.58. The minimum atomic E-state index is 0.0190. The van der Waals surface area contributed by atoms with Gasteiger partial charge in [-0.15, -0.1) is 0 Å². The van der Waals surface area contributed by atoms with Crippen molar-refractivity contribution >= 4 is 17.4 Å². The van der Waals surface area contributed by atoms with Crippen molar-refractivity contribution < 1.29 is 9.53 Å². The number of carbonyl (C=O) groups is 1. The van der Waals surface area contributed by atoms with Gasteiger partial charge in [-0.05, 0) is 31.5 Å². The van der Waals surface area contributed by atoms with E-state index in [-0.39, 0.29) is 5.78 Å². The second kappa shape index (κ2) is 9.82. The van der Waals surface area contributed by atoms with Crippen LogP contribution in [0.2, 0.25) is 5.02 Å². The fourth-order valence-electron chi connectivity index (χ4n) is 2.08. The summed E-state index contributed by atoms with van der Waals surface area (Å²) < 4.78 is 5.66. The van der Waals surface area contributed by atoms with Gasteiger partial charge in [-0.3, -0.25) is 4.79 Å². The number of rotatable bonds is 10. The summed E-state index contributed by atoms with van der Waals surface area (Å²) in [6.07, 6.45) is 8.83. The van der Waals surface area contributed by atoms with Gasteiger partial charge < -0.3 is 4.74 Å². The molecule has 0 saturated carbocycles. The van der Waals surface area contributed by atoms with Gasteiger partial charge in [0.2, 0.25) is 0 Å². The quantitative estimate of drug-likeness (QED) is 0.410. The predicted octanol–water partition coefficient (Wildman–Crippen LogP) is 5.67. The zero-order valence-corrected chi connectivity index (χ0v) is 13.3.